The standard InChI is InChI=1S/C21H42/c1-5-8-10-12-13-15-17-21(7-3)19-18-20(4)16-14-11-9-6-2/h21H,4-19H2,1-3H3. The van der Waals surface area contributed by atoms with Crippen LogP contribution in [0.5, 0.6) is 0 Å². The molecule has 0 saturated heterocycles. The average Bonchev–Trinajstić information content (AvgIpc) is 2.50. The molecule has 0 N–H and O–H groups in total. The van der Waals surface area contributed by atoms with Crippen LogP contribution in [0.4, 0.5) is 0 Å². The number of rotatable bonds is 16. The lowest BCUT2D eigenvalue weighted by atomic mass is 9.91. The Morgan fingerprint density at radius 1 is 0.667 bits per heavy atom. The van der Waals surface area contributed by atoms with Crippen molar-refractivity contribution in [2.45, 2.75) is 117 Å². The number of unbranched alkanes of at least 4 members (excludes halogenated alkanes) is 8. The maximum Gasteiger partial charge on any atom is -0.0320 e. The van der Waals surface area contributed by atoms with Crippen LogP contribution in [-0.4, -0.2) is 0 Å². The van der Waals surface area contributed by atoms with Crippen molar-refractivity contribution in [1.82, 2.24) is 0 Å². The van der Waals surface area contributed by atoms with Crippen LogP contribution in [0.2, 0.25) is 0 Å². The minimum Gasteiger partial charge on any atom is -0.0999 e. The molecule has 1 atom stereocenters. The van der Waals surface area contributed by atoms with Crippen LogP contribution >= 0.6 is 0 Å². The van der Waals surface area contributed by atoms with Gasteiger partial charge in [0.1, 0.15) is 0 Å². The molecule has 0 aliphatic rings. The number of hydrogen-bond acceptors (Lipinski definition) is 0. The van der Waals surface area contributed by atoms with E-state index in [2.05, 4.69) is 27.4 Å². The first-order chi connectivity index (χ1) is 10.2. The molecule has 0 aliphatic carbocycles. The largest absolute Gasteiger partial charge is 0.0999 e. The molecule has 0 nitrogen and oxygen atoms in total. The van der Waals surface area contributed by atoms with Gasteiger partial charge >= 0.3 is 0 Å². The minimum absolute atomic E-state index is 0.948. The van der Waals surface area contributed by atoms with Crippen molar-refractivity contribution in [3.05, 3.63) is 12.2 Å². The SMILES string of the molecule is C=C(CCCCCC)CCC(CC)CCCCCCCC. The van der Waals surface area contributed by atoms with Crippen LogP contribution in [0.1, 0.15) is 117 Å². The van der Waals surface area contributed by atoms with E-state index in [-0.39, 0.29) is 0 Å². The van der Waals surface area contributed by atoms with Gasteiger partial charge in [-0.3, -0.25) is 0 Å². The molecule has 0 heterocycles. The summed E-state index contributed by atoms with van der Waals surface area (Å²) in [7, 11) is 0. The molecule has 0 radical (unpaired) electrons. The average molecular weight is 295 g/mol. The van der Waals surface area contributed by atoms with E-state index < -0.39 is 0 Å². The molecule has 0 fully saturated rings. The smallest absolute Gasteiger partial charge is 0.0320 e. The molecule has 1 unspecified atom stereocenters. The summed E-state index contributed by atoms with van der Waals surface area (Å²) in [4.78, 5) is 0. The summed E-state index contributed by atoms with van der Waals surface area (Å²) >= 11 is 0. The normalized spacial score (nSPS) is 12.5. The fraction of sp³-hybridized carbons (Fsp3) is 0.905. The lowest BCUT2D eigenvalue weighted by molar-refractivity contribution is 0.409. The molecule has 0 aromatic carbocycles. The van der Waals surface area contributed by atoms with Gasteiger partial charge in [0, 0.05) is 0 Å². The summed E-state index contributed by atoms with van der Waals surface area (Å²) in [6.07, 6.45) is 20.8. The van der Waals surface area contributed by atoms with Crippen LogP contribution < -0.4 is 0 Å². The molecule has 0 saturated carbocycles. The van der Waals surface area contributed by atoms with E-state index in [0.717, 1.165) is 5.92 Å². The van der Waals surface area contributed by atoms with Crippen LogP contribution in [0.15, 0.2) is 12.2 Å². The van der Waals surface area contributed by atoms with Gasteiger partial charge in [-0.05, 0) is 31.6 Å². The van der Waals surface area contributed by atoms with Crippen molar-refractivity contribution in [3.8, 4) is 0 Å². The molecule has 0 aromatic rings. The first kappa shape index (κ1) is 20.7. The minimum atomic E-state index is 0.948. The van der Waals surface area contributed by atoms with Crippen molar-refractivity contribution in [2.75, 3.05) is 0 Å². The summed E-state index contributed by atoms with van der Waals surface area (Å²) in [6.45, 7) is 11.2. The molecule has 0 heteroatoms. The lowest BCUT2D eigenvalue weighted by Gasteiger charge is -2.15. The van der Waals surface area contributed by atoms with Crippen LogP contribution in [0, 0.1) is 5.92 Å². The fourth-order valence-electron chi connectivity index (χ4n) is 3.10. The predicted octanol–water partition coefficient (Wildman–Crippen LogP) is 8.07. The zero-order valence-corrected chi connectivity index (χ0v) is 15.4. The predicted molar refractivity (Wildman–Crippen MR) is 98.9 cm³/mol. The maximum absolute atomic E-state index is 4.29. The fourth-order valence-corrected chi connectivity index (χ4v) is 3.10. The first-order valence-corrected chi connectivity index (χ1v) is 9.91. The molecule has 0 amide bonds. The summed E-state index contributed by atoms with van der Waals surface area (Å²) in [6, 6.07) is 0. The monoisotopic (exact) mass is 294 g/mol. The Bertz CT molecular complexity index is 216. The number of hydrogen-bond donors (Lipinski definition) is 0. The zero-order valence-electron chi connectivity index (χ0n) is 15.4. The second-order valence-corrected chi connectivity index (χ2v) is 6.93. The highest BCUT2D eigenvalue weighted by Crippen LogP contribution is 2.23. The Morgan fingerprint density at radius 3 is 1.86 bits per heavy atom. The third-order valence-electron chi connectivity index (χ3n) is 4.83. The highest BCUT2D eigenvalue weighted by atomic mass is 14.1. The van der Waals surface area contributed by atoms with Crippen molar-refractivity contribution in [2.24, 2.45) is 5.92 Å². The van der Waals surface area contributed by atoms with E-state index in [1.165, 1.54) is 102 Å². The van der Waals surface area contributed by atoms with Gasteiger partial charge in [0.15, 0.2) is 0 Å². The molecule has 0 aliphatic heterocycles. The summed E-state index contributed by atoms with van der Waals surface area (Å²) in [5.74, 6) is 0.948. The highest BCUT2D eigenvalue weighted by Gasteiger charge is 2.07. The Morgan fingerprint density at radius 2 is 1.24 bits per heavy atom. The van der Waals surface area contributed by atoms with Gasteiger partial charge in [0.05, 0.1) is 0 Å². The molecule has 126 valence electrons. The summed E-state index contributed by atoms with van der Waals surface area (Å²) in [5.41, 5.74) is 1.51. The van der Waals surface area contributed by atoms with E-state index in [1.807, 2.05) is 0 Å². The molecule has 21 heavy (non-hydrogen) atoms. The van der Waals surface area contributed by atoms with Gasteiger partial charge < -0.3 is 0 Å². The zero-order chi connectivity index (χ0) is 15.8. The second kappa shape index (κ2) is 16.1. The third-order valence-corrected chi connectivity index (χ3v) is 4.83. The van der Waals surface area contributed by atoms with Crippen molar-refractivity contribution in [3.63, 3.8) is 0 Å². The van der Waals surface area contributed by atoms with Crippen molar-refractivity contribution < 1.29 is 0 Å². The highest BCUT2D eigenvalue weighted by molar-refractivity contribution is 4.94. The van der Waals surface area contributed by atoms with Crippen LogP contribution in [-0.2, 0) is 0 Å². The number of allylic oxidation sites excluding steroid dienone is 1. The molecule has 0 rings (SSSR count). The van der Waals surface area contributed by atoms with Gasteiger partial charge in [0.25, 0.3) is 0 Å². The van der Waals surface area contributed by atoms with E-state index >= 15 is 0 Å². The second-order valence-electron chi connectivity index (χ2n) is 6.93. The van der Waals surface area contributed by atoms with Crippen molar-refractivity contribution in [1.29, 1.82) is 0 Å². The van der Waals surface area contributed by atoms with E-state index in [9.17, 15) is 0 Å². The molecular weight excluding hydrogens is 252 g/mol. The molecular formula is C21H42. The maximum atomic E-state index is 4.29. The third kappa shape index (κ3) is 14.4. The Kier molecular flexibility index (Phi) is 15.9. The van der Waals surface area contributed by atoms with Crippen LogP contribution in [0.25, 0.3) is 0 Å². The van der Waals surface area contributed by atoms with E-state index in [1.54, 1.807) is 0 Å². The van der Waals surface area contributed by atoms with Gasteiger partial charge in [-0.2, -0.15) is 0 Å². The van der Waals surface area contributed by atoms with E-state index in [4.69, 9.17) is 0 Å². The van der Waals surface area contributed by atoms with E-state index in [0.29, 0.717) is 0 Å². The lowest BCUT2D eigenvalue weighted by Crippen LogP contribution is -2.00. The van der Waals surface area contributed by atoms with Gasteiger partial charge in [-0.25, -0.2) is 0 Å². The Labute approximate surface area is 135 Å². The Balaban J connectivity index is 3.53. The quantitative estimate of drug-likeness (QED) is 0.199. The van der Waals surface area contributed by atoms with Crippen molar-refractivity contribution >= 4 is 0 Å². The molecule has 0 spiro atoms. The van der Waals surface area contributed by atoms with Gasteiger partial charge in [-0.1, -0.05) is 104 Å². The topological polar surface area (TPSA) is 0 Å². The van der Waals surface area contributed by atoms with Gasteiger partial charge in [-0.15, -0.1) is 0 Å². The van der Waals surface area contributed by atoms with Crippen LogP contribution in [0.3, 0.4) is 0 Å². The first-order valence-electron chi connectivity index (χ1n) is 9.91. The summed E-state index contributed by atoms with van der Waals surface area (Å²) in [5, 5.41) is 0. The molecule has 0 bridgehead atoms. The molecule has 0 aromatic heterocycles. The van der Waals surface area contributed by atoms with Gasteiger partial charge in [0.2, 0.25) is 0 Å². The Hall–Kier alpha value is -0.260. The summed E-state index contributed by atoms with van der Waals surface area (Å²) < 4.78 is 0.